The lowest BCUT2D eigenvalue weighted by Gasteiger charge is -2.29. The van der Waals surface area contributed by atoms with Gasteiger partial charge in [-0.05, 0) is 64.3 Å². The Morgan fingerprint density at radius 3 is 2.67 bits per heavy atom. The van der Waals surface area contributed by atoms with E-state index < -0.39 is 0 Å². The predicted molar refractivity (Wildman–Crippen MR) is 84.7 cm³/mol. The van der Waals surface area contributed by atoms with Crippen molar-refractivity contribution in [3.05, 3.63) is 23.8 Å². The van der Waals surface area contributed by atoms with E-state index in [9.17, 15) is 4.79 Å². The molecule has 1 fully saturated rings. The molecule has 2 N–H and O–H groups in total. The fraction of sp³-hybridized carbons (Fsp3) is 0.588. The SMILES string of the molecule is CC1(C)CC(Nc2ccc3c(c2)CCC(=O)N3)C(C)(C)O1. The molecule has 2 heterocycles. The van der Waals surface area contributed by atoms with Gasteiger partial charge in [-0.1, -0.05) is 0 Å². The van der Waals surface area contributed by atoms with Gasteiger partial charge in [0, 0.05) is 17.8 Å². The molecule has 2 aliphatic heterocycles. The van der Waals surface area contributed by atoms with Gasteiger partial charge in [0.05, 0.1) is 17.2 Å². The van der Waals surface area contributed by atoms with Crippen LogP contribution in [-0.4, -0.2) is 23.2 Å². The summed E-state index contributed by atoms with van der Waals surface area (Å²) in [6.45, 7) is 8.55. The molecule has 0 spiro atoms. The number of rotatable bonds is 2. The Labute approximate surface area is 126 Å². The number of hydrogen-bond acceptors (Lipinski definition) is 3. The molecule has 4 heteroatoms. The molecular formula is C17H24N2O2. The number of aryl methyl sites for hydroxylation is 1. The van der Waals surface area contributed by atoms with Crippen LogP contribution in [0.1, 0.15) is 46.1 Å². The fourth-order valence-corrected chi connectivity index (χ4v) is 3.46. The Morgan fingerprint density at radius 1 is 1.24 bits per heavy atom. The van der Waals surface area contributed by atoms with Crippen LogP contribution >= 0.6 is 0 Å². The fourth-order valence-electron chi connectivity index (χ4n) is 3.46. The number of carbonyl (C=O) groups excluding carboxylic acids is 1. The van der Waals surface area contributed by atoms with Gasteiger partial charge in [-0.15, -0.1) is 0 Å². The smallest absolute Gasteiger partial charge is 0.224 e. The lowest BCUT2D eigenvalue weighted by Crippen LogP contribution is -2.38. The van der Waals surface area contributed by atoms with E-state index in [1.165, 1.54) is 5.56 Å². The highest BCUT2D eigenvalue weighted by Crippen LogP contribution is 2.39. The van der Waals surface area contributed by atoms with Gasteiger partial charge < -0.3 is 15.4 Å². The summed E-state index contributed by atoms with van der Waals surface area (Å²) in [6, 6.07) is 6.45. The van der Waals surface area contributed by atoms with Crippen LogP contribution in [0, 0.1) is 0 Å². The number of nitrogens with one attached hydrogen (secondary N) is 2. The summed E-state index contributed by atoms with van der Waals surface area (Å²) in [7, 11) is 0. The summed E-state index contributed by atoms with van der Waals surface area (Å²) in [5, 5.41) is 6.53. The number of benzene rings is 1. The van der Waals surface area contributed by atoms with Crippen molar-refractivity contribution in [2.75, 3.05) is 10.6 Å². The minimum absolute atomic E-state index is 0.0939. The first-order valence-electron chi connectivity index (χ1n) is 7.65. The molecule has 3 rings (SSSR count). The third-order valence-electron chi connectivity index (χ3n) is 4.42. The van der Waals surface area contributed by atoms with Crippen molar-refractivity contribution >= 4 is 17.3 Å². The van der Waals surface area contributed by atoms with E-state index in [-0.39, 0.29) is 23.2 Å². The molecule has 4 nitrogen and oxygen atoms in total. The van der Waals surface area contributed by atoms with Crippen molar-refractivity contribution in [2.24, 2.45) is 0 Å². The van der Waals surface area contributed by atoms with E-state index in [4.69, 9.17) is 4.74 Å². The van der Waals surface area contributed by atoms with Gasteiger partial charge in [-0.2, -0.15) is 0 Å². The molecule has 1 aromatic carbocycles. The van der Waals surface area contributed by atoms with Crippen LogP contribution in [-0.2, 0) is 16.0 Å². The van der Waals surface area contributed by atoms with Crippen molar-refractivity contribution in [3.63, 3.8) is 0 Å². The first-order chi connectivity index (χ1) is 9.75. The minimum Gasteiger partial charge on any atom is -0.379 e. The zero-order valence-electron chi connectivity index (χ0n) is 13.2. The number of hydrogen-bond donors (Lipinski definition) is 2. The zero-order valence-corrected chi connectivity index (χ0v) is 13.2. The topological polar surface area (TPSA) is 50.4 Å². The Balaban J connectivity index is 1.78. The normalized spacial score (nSPS) is 26.1. The van der Waals surface area contributed by atoms with Crippen LogP contribution < -0.4 is 10.6 Å². The maximum atomic E-state index is 11.4. The lowest BCUT2D eigenvalue weighted by atomic mass is 9.94. The van der Waals surface area contributed by atoms with Crippen LogP contribution in [0.25, 0.3) is 0 Å². The number of ether oxygens (including phenoxy) is 1. The maximum Gasteiger partial charge on any atom is 0.224 e. The van der Waals surface area contributed by atoms with E-state index in [0.29, 0.717) is 6.42 Å². The molecule has 0 radical (unpaired) electrons. The quantitative estimate of drug-likeness (QED) is 0.877. The second-order valence-corrected chi connectivity index (χ2v) is 7.29. The molecular weight excluding hydrogens is 264 g/mol. The Bertz CT molecular complexity index is 578. The molecule has 1 amide bonds. The molecule has 0 aromatic heterocycles. The molecule has 114 valence electrons. The van der Waals surface area contributed by atoms with Crippen LogP contribution in [0.4, 0.5) is 11.4 Å². The molecule has 2 aliphatic rings. The van der Waals surface area contributed by atoms with Crippen molar-refractivity contribution in [2.45, 2.75) is 64.2 Å². The van der Waals surface area contributed by atoms with Gasteiger partial charge in [0.2, 0.25) is 5.91 Å². The molecule has 1 unspecified atom stereocenters. The highest BCUT2D eigenvalue weighted by Gasteiger charge is 2.45. The summed E-state index contributed by atoms with van der Waals surface area (Å²) in [6.07, 6.45) is 2.36. The zero-order chi connectivity index (χ0) is 15.3. The molecule has 21 heavy (non-hydrogen) atoms. The van der Waals surface area contributed by atoms with Gasteiger partial charge in [0.15, 0.2) is 0 Å². The molecule has 0 saturated carbocycles. The lowest BCUT2D eigenvalue weighted by molar-refractivity contribution is -0.116. The van der Waals surface area contributed by atoms with Crippen LogP contribution in [0.2, 0.25) is 0 Å². The second-order valence-electron chi connectivity index (χ2n) is 7.29. The summed E-state index contributed by atoms with van der Waals surface area (Å²) >= 11 is 0. The number of anilines is 2. The number of amides is 1. The highest BCUT2D eigenvalue weighted by atomic mass is 16.5. The van der Waals surface area contributed by atoms with E-state index in [1.54, 1.807) is 0 Å². The first kappa shape index (κ1) is 14.4. The standard InChI is InChI=1S/C17H24N2O2/c1-16(2)10-14(17(3,4)21-16)18-12-6-7-13-11(9-12)5-8-15(20)19-13/h6-7,9,14,18H,5,8,10H2,1-4H3,(H,19,20). The Morgan fingerprint density at radius 2 is 2.00 bits per heavy atom. The van der Waals surface area contributed by atoms with Gasteiger partial charge in [0.1, 0.15) is 0 Å². The third-order valence-corrected chi connectivity index (χ3v) is 4.42. The maximum absolute atomic E-state index is 11.4. The van der Waals surface area contributed by atoms with E-state index in [0.717, 1.165) is 24.2 Å². The van der Waals surface area contributed by atoms with Gasteiger partial charge in [0.25, 0.3) is 0 Å². The van der Waals surface area contributed by atoms with Gasteiger partial charge in [-0.25, -0.2) is 0 Å². The largest absolute Gasteiger partial charge is 0.379 e. The number of carbonyl (C=O) groups is 1. The van der Waals surface area contributed by atoms with Crippen molar-refractivity contribution < 1.29 is 9.53 Å². The molecule has 1 atom stereocenters. The Kier molecular flexibility index (Phi) is 3.24. The van der Waals surface area contributed by atoms with Gasteiger partial charge in [-0.3, -0.25) is 4.79 Å². The van der Waals surface area contributed by atoms with Gasteiger partial charge >= 0.3 is 0 Å². The van der Waals surface area contributed by atoms with E-state index in [1.807, 2.05) is 12.1 Å². The first-order valence-corrected chi connectivity index (χ1v) is 7.65. The third kappa shape index (κ3) is 2.91. The highest BCUT2D eigenvalue weighted by molar-refractivity contribution is 5.94. The molecule has 1 aromatic rings. The van der Waals surface area contributed by atoms with E-state index >= 15 is 0 Å². The summed E-state index contributed by atoms with van der Waals surface area (Å²) < 4.78 is 6.13. The van der Waals surface area contributed by atoms with Crippen molar-refractivity contribution in [1.29, 1.82) is 0 Å². The van der Waals surface area contributed by atoms with Crippen LogP contribution in [0.5, 0.6) is 0 Å². The molecule has 1 saturated heterocycles. The monoisotopic (exact) mass is 288 g/mol. The summed E-state index contributed by atoms with van der Waals surface area (Å²) in [5.41, 5.74) is 2.97. The predicted octanol–water partition coefficient (Wildman–Crippen LogP) is 3.33. The molecule has 0 aliphatic carbocycles. The van der Waals surface area contributed by atoms with Crippen LogP contribution in [0.3, 0.4) is 0 Å². The minimum atomic E-state index is -0.187. The summed E-state index contributed by atoms with van der Waals surface area (Å²) in [4.78, 5) is 11.4. The van der Waals surface area contributed by atoms with Crippen LogP contribution in [0.15, 0.2) is 18.2 Å². The average Bonchev–Trinajstić information content (AvgIpc) is 2.57. The summed E-state index contributed by atoms with van der Waals surface area (Å²) in [5.74, 6) is 0.107. The Hall–Kier alpha value is -1.55. The van der Waals surface area contributed by atoms with Crippen molar-refractivity contribution in [1.82, 2.24) is 0 Å². The average molecular weight is 288 g/mol. The molecule has 0 bridgehead atoms. The number of fused-ring (bicyclic) bond motifs is 1. The second kappa shape index (κ2) is 4.73. The van der Waals surface area contributed by atoms with Crippen molar-refractivity contribution in [3.8, 4) is 0 Å². The van der Waals surface area contributed by atoms with E-state index in [2.05, 4.69) is 44.4 Å².